The second-order valence-corrected chi connectivity index (χ2v) is 2.94. The van der Waals surface area contributed by atoms with Gasteiger partial charge >= 0.3 is 0 Å². The van der Waals surface area contributed by atoms with E-state index in [2.05, 4.69) is 4.90 Å². The summed E-state index contributed by atoms with van der Waals surface area (Å²) in [6.07, 6.45) is 2.45. The molecular weight excluding hydrogens is 152 g/mol. The first-order valence-corrected chi connectivity index (χ1v) is 4.15. The zero-order valence-corrected chi connectivity index (χ0v) is 6.79. The molecule has 0 unspecified atom stereocenters. The number of rotatable bonds is 1. The van der Waals surface area contributed by atoms with Crippen molar-refractivity contribution >= 4 is 5.88 Å². The number of furan rings is 1. The molecule has 0 saturated carbocycles. The third kappa shape index (κ3) is 1.16. The van der Waals surface area contributed by atoms with Crippen molar-refractivity contribution in [3.8, 4) is 6.07 Å². The molecule has 1 fully saturated rings. The van der Waals surface area contributed by atoms with Crippen LogP contribution in [0.3, 0.4) is 0 Å². The van der Waals surface area contributed by atoms with E-state index in [0.29, 0.717) is 5.76 Å². The van der Waals surface area contributed by atoms with Crippen LogP contribution >= 0.6 is 0 Å². The van der Waals surface area contributed by atoms with Crippen molar-refractivity contribution in [2.75, 3.05) is 18.0 Å². The molecule has 0 aromatic carbocycles. The topological polar surface area (TPSA) is 40.2 Å². The molecule has 1 aliphatic heterocycles. The molecule has 2 heterocycles. The van der Waals surface area contributed by atoms with Crippen molar-refractivity contribution in [2.45, 2.75) is 12.8 Å². The highest BCUT2D eigenvalue weighted by atomic mass is 16.4. The van der Waals surface area contributed by atoms with Crippen molar-refractivity contribution < 1.29 is 4.42 Å². The van der Waals surface area contributed by atoms with Crippen molar-refractivity contribution in [1.29, 1.82) is 5.26 Å². The molecule has 1 aromatic rings. The maximum Gasteiger partial charge on any atom is 0.206 e. The van der Waals surface area contributed by atoms with Crippen molar-refractivity contribution in [2.24, 2.45) is 0 Å². The Kier molecular flexibility index (Phi) is 1.75. The fraction of sp³-hybridized carbons (Fsp3) is 0.444. The predicted octanol–water partition coefficient (Wildman–Crippen LogP) is 1.75. The van der Waals surface area contributed by atoms with Crippen LogP contribution in [0.2, 0.25) is 0 Å². The second kappa shape index (κ2) is 2.90. The molecule has 0 amide bonds. The Morgan fingerprint density at radius 3 is 2.67 bits per heavy atom. The standard InChI is InChI=1S/C9H10N2O/c10-7-8-3-4-9(12-8)11-5-1-2-6-11/h3-4H,1-2,5-6H2. The van der Waals surface area contributed by atoms with Crippen molar-refractivity contribution in [3.63, 3.8) is 0 Å². The van der Waals surface area contributed by atoms with E-state index in [1.807, 2.05) is 12.1 Å². The molecule has 12 heavy (non-hydrogen) atoms. The molecule has 0 bridgehead atoms. The second-order valence-electron chi connectivity index (χ2n) is 2.94. The molecule has 0 aliphatic carbocycles. The maximum atomic E-state index is 8.53. The molecule has 0 N–H and O–H groups in total. The average Bonchev–Trinajstić information content (AvgIpc) is 2.75. The van der Waals surface area contributed by atoms with Gasteiger partial charge in [-0.15, -0.1) is 0 Å². The predicted molar refractivity (Wildman–Crippen MR) is 44.9 cm³/mol. The van der Waals surface area contributed by atoms with Gasteiger partial charge in [0.15, 0.2) is 5.88 Å². The SMILES string of the molecule is N#Cc1ccc(N2CCCC2)o1. The minimum atomic E-state index is 0.400. The van der Waals surface area contributed by atoms with Crippen LogP contribution in [0.5, 0.6) is 0 Å². The summed E-state index contributed by atoms with van der Waals surface area (Å²) in [6, 6.07) is 5.56. The lowest BCUT2D eigenvalue weighted by atomic mass is 10.4. The van der Waals surface area contributed by atoms with E-state index in [0.717, 1.165) is 19.0 Å². The fourth-order valence-electron chi connectivity index (χ4n) is 1.50. The molecule has 0 spiro atoms. The number of hydrogen-bond donors (Lipinski definition) is 0. The molecule has 1 aliphatic rings. The Morgan fingerprint density at radius 2 is 2.08 bits per heavy atom. The number of anilines is 1. The quantitative estimate of drug-likeness (QED) is 0.631. The van der Waals surface area contributed by atoms with E-state index in [4.69, 9.17) is 9.68 Å². The highest BCUT2D eigenvalue weighted by Gasteiger charge is 2.15. The third-order valence-corrected chi connectivity index (χ3v) is 2.12. The number of nitrogens with zero attached hydrogens (tertiary/aromatic N) is 2. The lowest BCUT2D eigenvalue weighted by Gasteiger charge is -2.12. The van der Waals surface area contributed by atoms with Gasteiger partial charge in [0.25, 0.3) is 0 Å². The normalized spacial score (nSPS) is 16.4. The van der Waals surface area contributed by atoms with Gasteiger partial charge in [0, 0.05) is 19.2 Å². The van der Waals surface area contributed by atoms with Gasteiger partial charge in [-0.3, -0.25) is 0 Å². The largest absolute Gasteiger partial charge is 0.430 e. The van der Waals surface area contributed by atoms with E-state index in [1.165, 1.54) is 12.8 Å². The lowest BCUT2D eigenvalue weighted by molar-refractivity contribution is 0.544. The molecule has 1 saturated heterocycles. The first-order valence-electron chi connectivity index (χ1n) is 4.15. The fourth-order valence-corrected chi connectivity index (χ4v) is 1.50. The molecule has 0 radical (unpaired) electrons. The highest BCUT2D eigenvalue weighted by Crippen LogP contribution is 2.21. The van der Waals surface area contributed by atoms with Gasteiger partial charge in [0.1, 0.15) is 6.07 Å². The minimum absolute atomic E-state index is 0.400. The van der Waals surface area contributed by atoms with Crippen LogP contribution < -0.4 is 4.90 Å². The summed E-state index contributed by atoms with van der Waals surface area (Å²) in [7, 11) is 0. The van der Waals surface area contributed by atoms with Crippen molar-refractivity contribution in [1.82, 2.24) is 0 Å². The summed E-state index contributed by atoms with van der Waals surface area (Å²) in [4.78, 5) is 2.17. The van der Waals surface area contributed by atoms with Crippen LogP contribution in [0, 0.1) is 11.3 Å². The zero-order chi connectivity index (χ0) is 8.39. The molecular formula is C9H10N2O. The Morgan fingerprint density at radius 1 is 1.33 bits per heavy atom. The Labute approximate surface area is 71.2 Å². The minimum Gasteiger partial charge on any atom is -0.430 e. The van der Waals surface area contributed by atoms with Gasteiger partial charge in [-0.1, -0.05) is 0 Å². The zero-order valence-electron chi connectivity index (χ0n) is 6.79. The van der Waals surface area contributed by atoms with E-state index in [1.54, 1.807) is 6.07 Å². The van der Waals surface area contributed by atoms with Gasteiger partial charge in [-0.05, 0) is 18.9 Å². The van der Waals surface area contributed by atoms with E-state index in [-0.39, 0.29) is 0 Å². The average molecular weight is 162 g/mol. The Bertz CT molecular complexity index is 305. The van der Waals surface area contributed by atoms with E-state index in [9.17, 15) is 0 Å². The molecule has 3 heteroatoms. The smallest absolute Gasteiger partial charge is 0.206 e. The maximum absolute atomic E-state index is 8.53. The van der Waals surface area contributed by atoms with E-state index >= 15 is 0 Å². The van der Waals surface area contributed by atoms with Gasteiger partial charge in [0.2, 0.25) is 5.76 Å². The summed E-state index contributed by atoms with van der Waals surface area (Å²) in [5.41, 5.74) is 0. The third-order valence-electron chi connectivity index (χ3n) is 2.12. The number of nitriles is 1. The Balaban J connectivity index is 2.17. The van der Waals surface area contributed by atoms with Gasteiger partial charge < -0.3 is 9.32 Å². The first-order chi connectivity index (χ1) is 5.90. The van der Waals surface area contributed by atoms with Crippen LogP contribution in [0.4, 0.5) is 5.88 Å². The summed E-state index contributed by atoms with van der Waals surface area (Å²) >= 11 is 0. The Hall–Kier alpha value is -1.43. The molecule has 1 aromatic heterocycles. The molecule has 3 nitrogen and oxygen atoms in total. The van der Waals surface area contributed by atoms with Crippen LogP contribution in [0.1, 0.15) is 18.6 Å². The van der Waals surface area contributed by atoms with Gasteiger partial charge in [-0.25, -0.2) is 0 Å². The van der Waals surface area contributed by atoms with E-state index < -0.39 is 0 Å². The van der Waals surface area contributed by atoms with Crippen LogP contribution in [0.15, 0.2) is 16.5 Å². The molecule has 2 rings (SSSR count). The summed E-state index contributed by atoms with van der Waals surface area (Å²) < 4.78 is 5.28. The summed E-state index contributed by atoms with van der Waals surface area (Å²) in [5.74, 6) is 1.24. The van der Waals surface area contributed by atoms with Crippen LogP contribution in [-0.4, -0.2) is 13.1 Å². The van der Waals surface area contributed by atoms with Gasteiger partial charge in [-0.2, -0.15) is 5.26 Å². The van der Waals surface area contributed by atoms with Crippen molar-refractivity contribution in [3.05, 3.63) is 17.9 Å². The first kappa shape index (κ1) is 7.23. The molecule has 0 atom stereocenters. The molecule has 62 valence electrons. The van der Waals surface area contributed by atoms with Gasteiger partial charge in [0.05, 0.1) is 0 Å². The van der Waals surface area contributed by atoms with Crippen LogP contribution in [0.25, 0.3) is 0 Å². The van der Waals surface area contributed by atoms with Crippen LogP contribution in [-0.2, 0) is 0 Å². The lowest BCUT2D eigenvalue weighted by Crippen LogP contribution is -2.16. The summed E-state index contributed by atoms with van der Waals surface area (Å²) in [5, 5.41) is 8.53. The number of hydrogen-bond acceptors (Lipinski definition) is 3. The highest BCUT2D eigenvalue weighted by molar-refractivity contribution is 5.39. The summed E-state index contributed by atoms with van der Waals surface area (Å²) in [6.45, 7) is 2.11. The monoisotopic (exact) mass is 162 g/mol.